The second kappa shape index (κ2) is 11.4. The predicted octanol–water partition coefficient (Wildman–Crippen LogP) is 9.90. The van der Waals surface area contributed by atoms with Crippen LogP contribution in [0.5, 0.6) is 0 Å². The van der Waals surface area contributed by atoms with E-state index in [9.17, 15) is 20.2 Å². The van der Waals surface area contributed by atoms with E-state index in [2.05, 4.69) is 71.3 Å². The highest BCUT2D eigenvalue weighted by molar-refractivity contribution is 5.83. The van der Waals surface area contributed by atoms with Gasteiger partial charge in [0.25, 0.3) is 11.4 Å². The Bertz CT molecular complexity index is 1910. The highest BCUT2D eigenvalue weighted by Crippen LogP contribution is 2.40. The molecule has 7 rings (SSSR count). The summed E-state index contributed by atoms with van der Waals surface area (Å²) >= 11 is 0. The van der Waals surface area contributed by atoms with Crippen LogP contribution in [0.1, 0.15) is 11.1 Å². The van der Waals surface area contributed by atoms with E-state index in [4.69, 9.17) is 0 Å². The summed E-state index contributed by atoms with van der Waals surface area (Å²) in [5.41, 5.74) is 13.2. The van der Waals surface area contributed by atoms with Gasteiger partial charge in [-0.3, -0.25) is 20.2 Å². The lowest BCUT2D eigenvalue weighted by atomic mass is 9.98. The molecule has 0 aromatic heterocycles. The van der Waals surface area contributed by atoms with Crippen molar-refractivity contribution in [2.45, 2.75) is 6.42 Å². The van der Waals surface area contributed by atoms with Crippen molar-refractivity contribution in [3.63, 3.8) is 0 Å². The Hall–Kier alpha value is -6.28. The maximum Gasteiger partial charge on any atom is 0.269 e. The molecule has 0 atom stereocenters. The molecule has 0 heterocycles. The monoisotopic (exact) mass is 590 g/mol. The van der Waals surface area contributed by atoms with Crippen LogP contribution in [-0.2, 0) is 6.42 Å². The van der Waals surface area contributed by atoms with Crippen LogP contribution in [0.2, 0.25) is 0 Å². The Kier molecular flexibility index (Phi) is 6.99. The molecule has 8 nitrogen and oxygen atoms in total. The number of fused-ring (bicyclic) bond motifs is 3. The predicted molar refractivity (Wildman–Crippen MR) is 178 cm³/mol. The average molecular weight is 591 g/mol. The minimum atomic E-state index is -0.405. The summed E-state index contributed by atoms with van der Waals surface area (Å²) in [6, 6.07) is 42.4. The van der Waals surface area contributed by atoms with Gasteiger partial charge in [0.2, 0.25) is 0 Å². The highest BCUT2D eigenvalue weighted by atomic mass is 16.6. The van der Waals surface area contributed by atoms with Crippen molar-refractivity contribution in [3.05, 3.63) is 165 Å². The zero-order valence-electron chi connectivity index (χ0n) is 23.9. The number of nitro groups is 2. The van der Waals surface area contributed by atoms with E-state index < -0.39 is 9.85 Å². The van der Waals surface area contributed by atoms with Gasteiger partial charge in [0, 0.05) is 47.0 Å². The summed E-state index contributed by atoms with van der Waals surface area (Å²) in [6.45, 7) is 0. The molecule has 45 heavy (non-hydrogen) atoms. The van der Waals surface area contributed by atoms with Gasteiger partial charge in [0.1, 0.15) is 0 Å². The molecular weight excluding hydrogens is 564 g/mol. The SMILES string of the molecule is O=[N+]([O-])c1ccc(Nc2ccc(-c3ccc4c(c3)Cc3cc(-c5ccc(Nc6ccc([N+](=O)[O-])cc6)cc5)ccc3-4)cc2)cc1. The molecule has 2 N–H and O–H groups in total. The summed E-state index contributed by atoms with van der Waals surface area (Å²) in [6.07, 6.45) is 0.867. The number of nitro benzene ring substituents is 2. The minimum absolute atomic E-state index is 0.0656. The molecule has 0 amide bonds. The Labute approximate surface area is 258 Å². The molecule has 0 radical (unpaired) electrons. The largest absolute Gasteiger partial charge is 0.356 e. The number of nitrogens with zero attached hydrogens (tertiary/aromatic N) is 2. The van der Waals surface area contributed by atoms with E-state index in [-0.39, 0.29) is 11.4 Å². The number of hydrogen-bond acceptors (Lipinski definition) is 6. The summed E-state index contributed by atoms with van der Waals surface area (Å²) in [4.78, 5) is 21.0. The Morgan fingerprint density at radius 2 is 0.733 bits per heavy atom. The first-order valence-corrected chi connectivity index (χ1v) is 14.4. The molecule has 1 aliphatic rings. The number of nitrogens with one attached hydrogen (secondary N) is 2. The lowest BCUT2D eigenvalue weighted by molar-refractivity contribution is -0.385. The first-order chi connectivity index (χ1) is 21.9. The van der Waals surface area contributed by atoms with Crippen LogP contribution in [0.4, 0.5) is 34.1 Å². The van der Waals surface area contributed by atoms with Crippen molar-refractivity contribution in [3.8, 4) is 33.4 Å². The molecule has 6 aromatic rings. The smallest absolute Gasteiger partial charge is 0.269 e. The molecule has 6 aromatic carbocycles. The van der Waals surface area contributed by atoms with Gasteiger partial charge < -0.3 is 10.6 Å². The molecular formula is C37H26N4O4. The molecule has 218 valence electrons. The Balaban J connectivity index is 1.03. The molecule has 0 bridgehead atoms. The fraction of sp³-hybridized carbons (Fsp3) is 0.0270. The number of anilines is 4. The van der Waals surface area contributed by atoms with Crippen molar-refractivity contribution >= 4 is 34.1 Å². The van der Waals surface area contributed by atoms with Crippen LogP contribution in [0.3, 0.4) is 0 Å². The lowest BCUT2D eigenvalue weighted by Gasteiger charge is -2.09. The molecule has 0 spiro atoms. The van der Waals surface area contributed by atoms with Gasteiger partial charge in [-0.25, -0.2) is 0 Å². The number of non-ortho nitro benzene ring substituents is 2. The maximum absolute atomic E-state index is 10.9. The Morgan fingerprint density at radius 1 is 0.422 bits per heavy atom. The maximum atomic E-state index is 10.9. The molecule has 0 unspecified atom stereocenters. The fourth-order valence-electron chi connectivity index (χ4n) is 5.73. The van der Waals surface area contributed by atoms with Crippen LogP contribution >= 0.6 is 0 Å². The molecule has 1 aliphatic carbocycles. The van der Waals surface area contributed by atoms with Gasteiger partial charge in [-0.2, -0.15) is 0 Å². The van der Waals surface area contributed by atoms with Crippen molar-refractivity contribution in [1.29, 1.82) is 0 Å². The first kappa shape index (κ1) is 27.5. The van der Waals surface area contributed by atoms with Crippen LogP contribution in [0.15, 0.2) is 133 Å². The average Bonchev–Trinajstić information content (AvgIpc) is 3.43. The normalized spacial score (nSPS) is 11.4. The number of rotatable bonds is 8. The van der Waals surface area contributed by atoms with Crippen LogP contribution in [-0.4, -0.2) is 9.85 Å². The van der Waals surface area contributed by atoms with E-state index in [1.165, 1.54) is 46.5 Å². The summed E-state index contributed by atoms with van der Waals surface area (Å²) in [5.74, 6) is 0. The van der Waals surface area contributed by atoms with Gasteiger partial charge in [-0.1, -0.05) is 60.7 Å². The second-order valence-corrected chi connectivity index (χ2v) is 10.9. The zero-order valence-corrected chi connectivity index (χ0v) is 23.9. The van der Waals surface area contributed by atoms with E-state index in [1.807, 2.05) is 24.3 Å². The molecule has 0 fully saturated rings. The molecule has 8 heteroatoms. The van der Waals surface area contributed by atoms with Gasteiger partial charge in [-0.15, -0.1) is 0 Å². The van der Waals surface area contributed by atoms with Gasteiger partial charge in [-0.05, 0) is 99.5 Å². The summed E-state index contributed by atoms with van der Waals surface area (Å²) in [5, 5.41) is 28.4. The third-order valence-corrected chi connectivity index (χ3v) is 8.05. The third kappa shape index (κ3) is 5.72. The van der Waals surface area contributed by atoms with Crippen molar-refractivity contribution in [1.82, 2.24) is 0 Å². The number of benzene rings is 6. The topological polar surface area (TPSA) is 110 Å². The van der Waals surface area contributed by atoms with E-state index in [0.717, 1.165) is 51.4 Å². The van der Waals surface area contributed by atoms with Gasteiger partial charge in [0.05, 0.1) is 9.85 Å². The Morgan fingerprint density at radius 3 is 1.07 bits per heavy atom. The third-order valence-electron chi connectivity index (χ3n) is 8.05. The highest BCUT2D eigenvalue weighted by Gasteiger charge is 2.20. The summed E-state index contributed by atoms with van der Waals surface area (Å²) < 4.78 is 0. The molecule has 0 saturated carbocycles. The molecule has 0 aliphatic heterocycles. The van der Waals surface area contributed by atoms with Crippen LogP contribution < -0.4 is 10.6 Å². The van der Waals surface area contributed by atoms with Crippen molar-refractivity contribution in [2.75, 3.05) is 10.6 Å². The molecule has 0 saturated heterocycles. The minimum Gasteiger partial charge on any atom is -0.356 e. The van der Waals surface area contributed by atoms with E-state index >= 15 is 0 Å². The lowest BCUT2D eigenvalue weighted by Crippen LogP contribution is -1.92. The van der Waals surface area contributed by atoms with Crippen LogP contribution in [0, 0.1) is 20.2 Å². The number of hydrogen-bond donors (Lipinski definition) is 2. The van der Waals surface area contributed by atoms with Gasteiger partial charge in [0.15, 0.2) is 0 Å². The van der Waals surface area contributed by atoms with E-state index in [1.54, 1.807) is 24.3 Å². The van der Waals surface area contributed by atoms with Crippen LogP contribution in [0.25, 0.3) is 33.4 Å². The van der Waals surface area contributed by atoms with Crippen molar-refractivity contribution in [2.24, 2.45) is 0 Å². The van der Waals surface area contributed by atoms with E-state index in [0.29, 0.717) is 0 Å². The van der Waals surface area contributed by atoms with Crippen molar-refractivity contribution < 1.29 is 9.85 Å². The van der Waals surface area contributed by atoms with Gasteiger partial charge >= 0.3 is 0 Å². The summed E-state index contributed by atoms with van der Waals surface area (Å²) in [7, 11) is 0. The fourth-order valence-corrected chi connectivity index (χ4v) is 5.73. The zero-order chi connectivity index (χ0) is 30.9. The quantitative estimate of drug-likeness (QED) is 0.135. The standard InChI is InChI=1S/C37H26N4O4/c42-40(43)34-15-11-32(12-16-34)38-30-7-1-24(2-8-30)26-5-19-36-28(21-26)23-29-22-27(6-20-37(29)36)25-3-9-31(10-4-25)39-33-13-17-35(18-14-33)41(44)45/h1-22,38-39H,23H2. The second-order valence-electron chi connectivity index (χ2n) is 10.9. The first-order valence-electron chi connectivity index (χ1n) is 14.4.